The number of anilines is 1. The Bertz CT molecular complexity index is 1470. The second-order valence-corrected chi connectivity index (χ2v) is 9.93. The molecule has 10 heteroatoms. The summed E-state index contributed by atoms with van der Waals surface area (Å²) in [5, 5.41) is 0.445. The minimum Gasteiger partial charge on any atom is -0.495 e. The first kappa shape index (κ1) is 22.1. The van der Waals surface area contributed by atoms with Gasteiger partial charge in [-0.05, 0) is 60.7 Å². The molecule has 0 aliphatic carbocycles. The van der Waals surface area contributed by atoms with E-state index >= 15 is 0 Å². The number of hydrogen-bond acceptors (Lipinski definition) is 5. The Morgan fingerprint density at radius 3 is 2.41 bits per heavy atom. The van der Waals surface area contributed by atoms with Crippen molar-refractivity contribution in [3.05, 3.63) is 82.1 Å². The number of nitrogens with zero attached hydrogens (tertiary/aromatic N) is 2. The number of carbonyl (C=O) groups excluding carboxylic acids is 1. The van der Waals surface area contributed by atoms with Gasteiger partial charge in [0.1, 0.15) is 11.3 Å². The molecule has 1 aromatic heterocycles. The first-order chi connectivity index (χ1) is 15.3. The fourth-order valence-corrected chi connectivity index (χ4v) is 5.32. The van der Waals surface area contributed by atoms with E-state index in [2.05, 4.69) is 9.71 Å². The van der Waals surface area contributed by atoms with E-state index in [1.54, 1.807) is 7.11 Å². The number of para-hydroxylation sites is 1. The minimum absolute atomic E-state index is 0.0877. The molecule has 1 heterocycles. The topological polar surface area (TPSA) is 89.8 Å². The van der Waals surface area contributed by atoms with Crippen LogP contribution in [0.2, 0.25) is 5.02 Å². The Kier molecular flexibility index (Phi) is 6.05. The SMILES string of the molecule is COc1cccc2sc(=NC(=O)c3ccc(NS(=O)(=O)c4ccc(Cl)cc4)cc3)n(C)c12. The average molecular weight is 488 g/mol. The predicted molar refractivity (Wildman–Crippen MR) is 126 cm³/mol. The third-order valence-electron chi connectivity index (χ3n) is 4.71. The summed E-state index contributed by atoms with van der Waals surface area (Å²) in [5.74, 6) is 0.269. The van der Waals surface area contributed by atoms with Crippen LogP contribution in [0.25, 0.3) is 10.2 Å². The van der Waals surface area contributed by atoms with Gasteiger partial charge in [-0.25, -0.2) is 8.42 Å². The molecule has 164 valence electrons. The molecule has 0 spiro atoms. The molecule has 0 saturated carbocycles. The van der Waals surface area contributed by atoms with E-state index in [-0.39, 0.29) is 4.90 Å². The number of rotatable bonds is 5. The molecular weight excluding hydrogens is 470 g/mol. The Morgan fingerprint density at radius 2 is 1.75 bits per heavy atom. The van der Waals surface area contributed by atoms with Crippen molar-refractivity contribution >= 4 is 54.8 Å². The maximum absolute atomic E-state index is 12.7. The van der Waals surface area contributed by atoms with Crippen LogP contribution in [-0.2, 0) is 17.1 Å². The Morgan fingerprint density at radius 1 is 1.06 bits per heavy atom. The number of methoxy groups -OCH3 is 1. The van der Waals surface area contributed by atoms with Crippen LogP contribution in [0.1, 0.15) is 10.4 Å². The molecule has 0 aliphatic rings. The first-order valence-electron chi connectivity index (χ1n) is 9.38. The van der Waals surface area contributed by atoms with Crippen molar-refractivity contribution in [2.75, 3.05) is 11.8 Å². The number of thiazole rings is 1. The van der Waals surface area contributed by atoms with Crippen molar-refractivity contribution in [1.82, 2.24) is 4.57 Å². The number of carbonyl (C=O) groups is 1. The summed E-state index contributed by atoms with van der Waals surface area (Å²) in [6.45, 7) is 0. The highest BCUT2D eigenvalue weighted by atomic mass is 35.5. The van der Waals surface area contributed by atoms with Gasteiger partial charge in [0, 0.05) is 23.3 Å². The minimum atomic E-state index is -3.77. The summed E-state index contributed by atoms with van der Waals surface area (Å²) in [5.41, 5.74) is 1.52. The molecule has 32 heavy (non-hydrogen) atoms. The first-order valence-corrected chi connectivity index (χ1v) is 12.1. The van der Waals surface area contributed by atoms with Crippen molar-refractivity contribution in [2.24, 2.45) is 12.0 Å². The van der Waals surface area contributed by atoms with E-state index < -0.39 is 15.9 Å². The summed E-state index contributed by atoms with van der Waals surface area (Å²) >= 11 is 7.19. The van der Waals surface area contributed by atoms with Crippen molar-refractivity contribution in [2.45, 2.75) is 4.90 Å². The van der Waals surface area contributed by atoms with Gasteiger partial charge in [-0.1, -0.05) is 29.0 Å². The Hall–Kier alpha value is -3.14. The molecule has 7 nitrogen and oxygen atoms in total. The van der Waals surface area contributed by atoms with Gasteiger partial charge in [-0.15, -0.1) is 0 Å². The van der Waals surface area contributed by atoms with Crippen molar-refractivity contribution in [1.29, 1.82) is 0 Å². The smallest absolute Gasteiger partial charge is 0.279 e. The van der Waals surface area contributed by atoms with Crippen molar-refractivity contribution < 1.29 is 17.9 Å². The van der Waals surface area contributed by atoms with Crippen LogP contribution in [0.4, 0.5) is 5.69 Å². The van der Waals surface area contributed by atoms with Crippen LogP contribution >= 0.6 is 22.9 Å². The molecule has 0 atom stereocenters. The lowest BCUT2D eigenvalue weighted by Crippen LogP contribution is -2.14. The summed E-state index contributed by atoms with van der Waals surface area (Å²) < 4.78 is 35.6. The third-order valence-corrected chi connectivity index (χ3v) is 7.46. The lowest BCUT2D eigenvalue weighted by atomic mass is 10.2. The Balaban J connectivity index is 1.58. The molecular formula is C22H18ClN3O4S2. The standard InChI is InChI=1S/C22H18ClN3O4S2/c1-26-20-18(30-2)4-3-5-19(20)31-22(26)24-21(27)14-6-10-16(11-7-14)25-32(28,29)17-12-8-15(23)9-13-17/h3-13,25H,1-2H3. The highest BCUT2D eigenvalue weighted by Crippen LogP contribution is 2.26. The predicted octanol–water partition coefficient (Wildman–Crippen LogP) is 4.44. The van der Waals surface area contributed by atoms with Gasteiger partial charge in [0.05, 0.1) is 16.7 Å². The number of halogens is 1. The second kappa shape index (κ2) is 8.78. The highest BCUT2D eigenvalue weighted by molar-refractivity contribution is 7.92. The van der Waals surface area contributed by atoms with Crippen molar-refractivity contribution in [3.8, 4) is 5.75 Å². The largest absolute Gasteiger partial charge is 0.495 e. The van der Waals surface area contributed by atoms with Gasteiger partial charge in [0.15, 0.2) is 4.80 Å². The molecule has 4 aromatic rings. The van der Waals surface area contributed by atoms with E-state index in [4.69, 9.17) is 16.3 Å². The van der Waals surface area contributed by atoms with E-state index in [9.17, 15) is 13.2 Å². The van der Waals surface area contributed by atoms with Crippen LogP contribution in [0.3, 0.4) is 0 Å². The maximum Gasteiger partial charge on any atom is 0.279 e. The number of sulfonamides is 1. The van der Waals surface area contributed by atoms with Gasteiger partial charge in [-0.2, -0.15) is 4.99 Å². The van der Waals surface area contributed by atoms with Crippen LogP contribution in [0.15, 0.2) is 76.6 Å². The molecule has 0 aliphatic heterocycles. The molecule has 0 bridgehead atoms. The number of benzene rings is 3. The number of amides is 1. The zero-order valence-corrected chi connectivity index (χ0v) is 19.5. The van der Waals surface area contributed by atoms with E-state index in [0.29, 0.717) is 26.8 Å². The lowest BCUT2D eigenvalue weighted by Gasteiger charge is -2.08. The summed E-state index contributed by atoms with van der Waals surface area (Å²) in [4.78, 5) is 17.5. The monoisotopic (exact) mass is 487 g/mol. The normalized spacial score (nSPS) is 12.2. The second-order valence-electron chi connectivity index (χ2n) is 6.80. The quantitative estimate of drug-likeness (QED) is 0.450. The molecule has 4 rings (SSSR count). The number of fused-ring (bicyclic) bond motifs is 1. The van der Waals surface area contributed by atoms with E-state index in [1.165, 1.54) is 59.9 Å². The highest BCUT2D eigenvalue weighted by Gasteiger charge is 2.15. The van der Waals surface area contributed by atoms with Crippen LogP contribution in [-0.4, -0.2) is 26.0 Å². The van der Waals surface area contributed by atoms with Crippen LogP contribution in [0, 0.1) is 0 Å². The number of aromatic nitrogens is 1. The Labute approximate surface area is 193 Å². The number of hydrogen-bond donors (Lipinski definition) is 1. The number of aryl methyl sites for hydroxylation is 1. The summed E-state index contributed by atoms with van der Waals surface area (Å²) in [6.07, 6.45) is 0. The molecule has 1 amide bonds. The lowest BCUT2D eigenvalue weighted by molar-refractivity contribution is 0.0998. The molecule has 0 saturated heterocycles. The van der Waals surface area contributed by atoms with Crippen molar-refractivity contribution in [3.63, 3.8) is 0 Å². The zero-order chi connectivity index (χ0) is 22.9. The number of nitrogens with one attached hydrogen (secondary N) is 1. The van der Waals surface area contributed by atoms with E-state index in [0.717, 1.165) is 10.2 Å². The molecule has 0 fully saturated rings. The van der Waals surface area contributed by atoms with Crippen LogP contribution in [0.5, 0.6) is 5.75 Å². The molecule has 0 radical (unpaired) electrons. The maximum atomic E-state index is 12.7. The fraction of sp³-hybridized carbons (Fsp3) is 0.0909. The molecule has 0 unspecified atom stereocenters. The van der Waals surface area contributed by atoms with Gasteiger partial charge in [-0.3, -0.25) is 9.52 Å². The zero-order valence-electron chi connectivity index (χ0n) is 17.1. The van der Waals surface area contributed by atoms with E-state index in [1.807, 2.05) is 29.8 Å². The molecule has 3 aromatic carbocycles. The average Bonchev–Trinajstić information content (AvgIpc) is 3.09. The summed E-state index contributed by atoms with van der Waals surface area (Å²) in [7, 11) is -0.353. The third kappa shape index (κ3) is 4.40. The summed E-state index contributed by atoms with van der Waals surface area (Å²) in [6, 6.07) is 17.6. The van der Waals surface area contributed by atoms with Gasteiger partial charge >= 0.3 is 0 Å². The number of ether oxygens (including phenoxy) is 1. The van der Waals surface area contributed by atoms with Gasteiger partial charge in [0.2, 0.25) is 0 Å². The van der Waals surface area contributed by atoms with Gasteiger partial charge < -0.3 is 9.30 Å². The fourth-order valence-electron chi connectivity index (χ4n) is 3.10. The van der Waals surface area contributed by atoms with Crippen LogP contribution < -0.4 is 14.3 Å². The molecule has 1 N–H and O–H groups in total. The van der Waals surface area contributed by atoms with Gasteiger partial charge in [0.25, 0.3) is 15.9 Å².